The van der Waals surface area contributed by atoms with Crippen LogP contribution in [0.5, 0.6) is 0 Å². The molecule has 2 rings (SSSR count). The van der Waals surface area contributed by atoms with Crippen molar-refractivity contribution in [1.29, 1.82) is 5.26 Å². The predicted molar refractivity (Wildman–Crippen MR) is 78.6 cm³/mol. The van der Waals surface area contributed by atoms with E-state index < -0.39 is 5.91 Å². The molecule has 1 aromatic rings. The van der Waals surface area contributed by atoms with Gasteiger partial charge in [0.15, 0.2) is 0 Å². The van der Waals surface area contributed by atoms with E-state index in [-0.39, 0.29) is 11.0 Å². The third-order valence-electron chi connectivity index (χ3n) is 2.90. The topological polar surface area (TPSA) is 78.7 Å². The minimum absolute atomic E-state index is 0.0747. The van der Waals surface area contributed by atoms with E-state index in [9.17, 15) is 4.79 Å². The van der Waals surface area contributed by atoms with Crippen molar-refractivity contribution in [2.24, 2.45) is 0 Å². The quantitative estimate of drug-likeness (QED) is 0.798. The highest BCUT2D eigenvalue weighted by Crippen LogP contribution is 2.26. The number of rotatable bonds is 1. The monoisotopic (exact) mass is 286 g/mol. The van der Waals surface area contributed by atoms with E-state index in [4.69, 9.17) is 17.5 Å². The highest BCUT2D eigenvalue weighted by molar-refractivity contribution is 7.80. The third kappa shape index (κ3) is 2.73. The fourth-order valence-electron chi connectivity index (χ4n) is 1.86. The molecule has 1 aromatic heterocycles. The van der Waals surface area contributed by atoms with Crippen LogP contribution in [0, 0.1) is 11.3 Å². The summed E-state index contributed by atoms with van der Waals surface area (Å²) in [5.74, 6) is 0.252. The predicted octanol–water partition coefficient (Wildman–Crippen LogP) is 1.90. The van der Waals surface area contributed by atoms with Gasteiger partial charge in [-0.2, -0.15) is 5.26 Å². The molecule has 0 aliphatic carbocycles. The van der Waals surface area contributed by atoms with E-state index in [1.54, 1.807) is 12.4 Å². The Kier molecular flexibility index (Phi) is 3.64. The average Bonchev–Trinajstić information content (AvgIpc) is 2.37. The van der Waals surface area contributed by atoms with Crippen molar-refractivity contribution in [3.05, 3.63) is 29.4 Å². The van der Waals surface area contributed by atoms with E-state index >= 15 is 0 Å². The van der Waals surface area contributed by atoms with Crippen LogP contribution in [0.3, 0.4) is 0 Å². The number of hydrogen-bond donors (Lipinski definition) is 1. The number of aromatic nitrogens is 2. The molecular formula is C14H14N4OS. The number of hydrogen-bond acceptors (Lipinski definition) is 5. The van der Waals surface area contributed by atoms with E-state index in [0.717, 1.165) is 0 Å². The van der Waals surface area contributed by atoms with Crippen LogP contribution in [0.4, 0.5) is 0 Å². The lowest BCUT2D eigenvalue weighted by Gasteiger charge is -2.19. The smallest absolute Gasteiger partial charge is 0.267 e. The molecular weight excluding hydrogens is 272 g/mol. The van der Waals surface area contributed by atoms with Crippen LogP contribution in [0.25, 0.3) is 5.57 Å². The number of carbonyl (C=O) groups excluding carboxylic acids is 1. The van der Waals surface area contributed by atoms with E-state index in [2.05, 4.69) is 15.3 Å². The second-order valence-corrected chi connectivity index (χ2v) is 6.06. The molecule has 20 heavy (non-hydrogen) atoms. The Hall–Kier alpha value is -2.13. The van der Waals surface area contributed by atoms with Gasteiger partial charge in [-0.3, -0.25) is 4.79 Å². The Labute approximate surface area is 122 Å². The van der Waals surface area contributed by atoms with Crippen molar-refractivity contribution in [1.82, 2.24) is 15.3 Å². The summed E-state index contributed by atoms with van der Waals surface area (Å²) in [6.07, 6.45) is 3.63. The van der Waals surface area contributed by atoms with Crippen LogP contribution in [-0.4, -0.2) is 20.9 Å². The van der Waals surface area contributed by atoms with Gasteiger partial charge in [0.25, 0.3) is 5.91 Å². The first-order valence-electron chi connectivity index (χ1n) is 6.13. The molecule has 1 aliphatic heterocycles. The summed E-state index contributed by atoms with van der Waals surface area (Å²) in [7, 11) is 0. The third-order valence-corrected chi connectivity index (χ3v) is 3.15. The molecule has 0 fully saturated rings. The fourth-order valence-corrected chi connectivity index (χ4v) is 2.09. The first-order valence-corrected chi connectivity index (χ1v) is 6.54. The molecule has 0 bridgehead atoms. The number of nitrogens with one attached hydrogen (secondary N) is 1. The zero-order valence-electron chi connectivity index (χ0n) is 11.5. The Morgan fingerprint density at radius 1 is 1.35 bits per heavy atom. The van der Waals surface area contributed by atoms with Gasteiger partial charge in [0.1, 0.15) is 17.5 Å². The summed E-state index contributed by atoms with van der Waals surface area (Å²) in [6.45, 7) is 6.06. The summed E-state index contributed by atoms with van der Waals surface area (Å²) >= 11 is 5.03. The summed E-state index contributed by atoms with van der Waals surface area (Å²) in [5, 5.41) is 11.6. The van der Waals surface area contributed by atoms with Crippen molar-refractivity contribution in [3.63, 3.8) is 0 Å². The molecule has 1 amide bonds. The first kappa shape index (κ1) is 14.3. The highest BCUT2D eigenvalue weighted by Gasteiger charge is 2.25. The minimum atomic E-state index is -0.460. The number of nitriles is 1. The van der Waals surface area contributed by atoms with Crippen LogP contribution < -0.4 is 5.32 Å². The summed E-state index contributed by atoms with van der Waals surface area (Å²) in [6, 6.07) is 1.92. The number of nitrogens with zero attached hydrogens (tertiary/aromatic N) is 3. The summed E-state index contributed by atoms with van der Waals surface area (Å²) < 4.78 is 0. The van der Waals surface area contributed by atoms with Gasteiger partial charge >= 0.3 is 0 Å². The standard InChI is InChI=1S/C14H14N4OS/c1-14(2,3)13-16-6-8(7-17-13)9-4-11(20)18-12(19)10(9)5-15/h6-7H,4H2,1-3H3,(H,18,19,20). The fraction of sp³-hybridized carbons (Fsp3) is 0.357. The van der Waals surface area contributed by atoms with Crippen molar-refractivity contribution in [2.75, 3.05) is 0 Å². The zero-order valence-corrected chi connectivity index (χ0v) is 12.3. The zero-order chi connectivity index (χ0) is 14.9. The van der Waals surface area contributed by atoms with E-state index in [1.165, 1.54) is 0 Å². The maximum absolute atomic E-state index is 11.7. The van der Waals surface area contributed by atoms with Gasteiger partial charge in [-0.25, -0.2) is 9.97 Å². The minimum Gasteiger partial charge on any atom is -0.315 e. The molecule has 0 atom stereocenters. The Bertz CT molecular complexity index is 647. The SMILES string of the molecule is CC(C)(C)c1ncc(C2=C(C#N)C(=O)NC(=S)C2)cn1. The maximum Gasteiger partial charge on any atom is 0.267 e. The maximum atomic E-state index is 11.7. The molecule has 1 N–H and O–H groups in total. The first-order chi connectivity index (χ1) is 9.32. The summed E-state index contributed by atoms with van der Waals surface area (Å²) in [5.41, 5.74) is 1.17. The van der Waals surface area contributed by atoms with Gasteiger partial charge < -0.3 is 5.32 Å². The summed E-state index contributed by atoms with van der Waals surface area (Å²) in [4.78, 5) is 20.8. The van der Waals surface area contributed by atoms with Gasteiger partial charge in [-0.05, 0) is 5.57 Å². The largest absolute Gasteiger partial charge is 0.315 e. The molecule has 0 unspecified atom stereocenters. The van der Waals surface area contributed by atoms with Crippen molar-refractivity contribution in [2.45, 2.75) is 32.6 Å². The van der Waals surface area contributed by atoms with Crippen LogP contribution in [-0.2, 0) is 10.2 Å². The number of carbonyl (C=O) groups is 1. The second kappa shape index (κ2) is 5.10. The molecule has 1 aliphatic rings. The van der Waals surface area contributed by atoms with Crippen LogP contribution >= 0.6 is 12.2 Å². The van der Waals surface area contributed by atoms with Crippen LogP contribution in [0.15, 0.2) is 18.0 Å². The van der Waals surface area contributed by atoms with Crippen molar-refractivity contribution < 1.29 is 4.79 Å². The van der Waals surface area contributed by atoms with E-state index in [0.29, 0.717) is 28.4 Å². The van der Waals surface area contributed by atoms with Crippen LogP contribution in [0.1, 0.15) is 38.6 Å². The highest BCUT2D eigenvalue weighted by atomic mass is 32.1. The molecule has 0 saturated heterocycles. The molecule has 0 aromatic carbocycles. The van der Waals surface area contributed by atoms with Crippen LogP contribution in [0.2, 0.25) is 0 Å². The number of amides is 1. The molecule has 0 saturated carbocycles. The van der Waals surface area contributed by atoms with Gasteiger partial charge in [-0.15, -0.1) is 0 Å². The molecule has 0 radical (unpaired) electrons. The van der Waals surface area contributed by atoms with Gasteiger partial charge in [0.2, 0.25) is 0 Å². The Morgan fingerprint density at radius 2 is 1.95 bits per heavy atom. The molecule has 2 heterocycles. The number of thiocarbonyl (C=S) groups is 1. The average molecular weight is 286 g/mol. The molecule has 5 nitrogen and oxygen atoms in total. The molecule has 102 valence electrons. The van der Waals surface area contributed by atoms with Gasteiger partial charge in [-0.1, -0.05) is 33.0 Å². The van der Waals surface area contributed by atoms with Gasteiger partial charge in [0.05, 0.1) is 4.99 Å². The Balaban J connectivity index is 2.47. The lowest BCUT2D eigenvalue weighted by molar-refractivity contribution is -0.115. The van der Waals surface area contributed by atoms with Crippen molar-refractivity contribution in [3.8, 4) is 6.07 Å². The van der Waals surface area contributed by atoms with Crippen molar-refractivity contribution >= 4 is 28.7 Å². The normalized spacial score (nSPS) is 15.9. The second-order valence-electron chi connectivity index (χ2n) is 5.56. The molecule has 6 heteroatoms. The Morgan fingerprint density at radius 3 is 2.45 bits per heavy atom. The lowest BCUT2D eigenvalue weighted by atomic mass is 9.94. The molecule has 0 spiro atoms. The van der Waals surface area contributed by atoms with Gasteiger partial charge in [0, 0.05) is 29.8 Å². The lowest BCUT2D eigenvalue weighted by Crippen LogP contribution is -2.34. The van der Waals surface area contributed by atoms with E-state index in [1.807, 2.05) is 26.8 Å².